The van der Waals surface area contributed by atoms with E-state index in [0.29, 0.717) is 23.6 Å². The Balaban J connectivity index is 1.62. The summed E-state index contributed by atoms with van der Waals surface area (Å²) in [5.41, 5.74) is 3.53. The summed E-state index contributed by atoms with van der Waals surface area (Å²) < 4.78 is 11.0. The van der Waals surface area contributed by atoms with Crippen LogP contribution in [0.4, 0.5) is 0 Å². The maximum absolute atomic E-state index is 13.9. The van der Waals surface area contributed by atoms with Gasteiger partial charge in [0.1, 0.15) is 0 Å². The first-order chi connectivity index (χ1) is 16.1. The molecule has 1 saturated carbocycles. The maximum atomic E-state index is 13.9. The van der Waals surface area contributed by atoms with Crippen molar-refractivity contribution in [3.8, 4) is 11.5 Å². The number of carbonyl (C=O) groups is 2. The standard InChI is InChI=1S/C27H32N2O4/c1-32-22-15-20-21(16-23(22)33-2)27(31)29-14-13-17-9-7-8-12-19(17)25(29)24(20)26(30)28-18-10-5-3-4-6-11-18/h7-9,12,15-16,18,24-25H,3-6,10-11,13-14H2,1-2H3,(H,28,30)/t24-,25+/m1/s1. The second-order valence-corrected chi connectivity index (χ2v) is 9.36. The largest absolute Gasteiger partial charge is 0.493 e. The van der Waals surface area contributed by atoms with Crippen LogP contribution in [0.2, 0.25) is 0 Å². The topological polar surface area (TPSA) is 67.9 Å². The molecule has 0 spiro atoms. The molecule has 2 atom stereocenters. The number of ether oxygens (including phenoxy) is 2. The highest BCUT2D eigenvalue weighted by molar-refractivity contribution is 6.02. The molecule has 2 amide bonds. The van der Waals surface area contributed by atoms with Gasteiger partial charge in [0.2, 0.25) is 5.91 Å². The van der Waals surface area contributed by atoms with Crippen molar-refractivity contribution in [2.45, 2.75) is 62.9 Å². The van der Waals surface area contributed by atoms with Crippen molar-refractivity contribution in [3.05, 3.63) is 58.7 Å². The molecule has 2 aliphatic heterocycles. The van der Waals surface area contributed by atoms with Gasteiger partial charge in [0.25, 0.3) is 5.91 Å². The molecule has 2 heterocycles. The van der Waals surface area contributed by atoms with E-state index in [1.54, 1.807) is 20.3 Å². The molecular formula is C27H32N2O4. The zero-order valence-electron chi connectivity index (χ0n) is 19.4. The highest BCUT2D eigenvalue weighted by atomic mass is 16.5. The molecule has 0 aromatic heterocycles. The van der Waals surface area contributed by atoms with Crippen LogP contribution in [0.1, 0.15) is 77.5 Å². The minimum atomic E-state index is -0.498. The maximum Gasteiger partial charge on any atom is 0.254 e. The lowest BCUT2D eigenvalue weighted by Gasteiger charge is -2.45. The number of nitrogens with one attached hydrogen (secondary N) is 1. The fourth-order valence-electron chi connectivity index (χ4n) is 5.85. The highest BCUT2D eigenvalue weighted by Crippen LogP contribution is 2.48. The summed E-state index contributed by atoms with van der Waals surface area (Å²) in [5.74, 6) is 0.484. The molecule has 174 valence electrons. The van der Waals surface area contributed by atoms with E-state index in [2.05, 4.69) is 17.4 Å². The molecule has 6 nitrogen and oxygen atoms in total. The van der Waals surface area contributed by atoms with E-state index in [4.69, 9.17) is 9.47 Å². The molecule has 1 fully saturated rings. The zero-order chi connectivity index (χ0) is 22.9. The predicted molar refractivity (Wildman–Crippen MR) is 126 cm³/mol. The normalized spacial score (nSPS) is 22.5. The van der Waals surface area contributed by atoms with Crippen LogP contribution in [0.5, 0.6) is 11.5 Å². The molecule has 0 bridgehead atoms. The first kappa shape index (κ1) is 21.8. The number of rotatable bonds is 4. The highest BCUT2D eigenvalue weighted by Gasteiger charge is 2.47. The van der Waals surface area contributed by atoms with Gasteiger partial charge in [0, 0.05) is 18.2 Å². The second-order valence-electron chi connectivity index (χ2n) is 9.36. The number of methoxy groups -OCH3 is 2. The SMILES string of the molecule is COc1cc2c(cc1OC)[C@@H](C(=O)NC1CCCCCC1)[C@@H]1c3ccccc3CCN1C2=O. The summed E-state index contributed by atoms with van der Waals surface area (Å²) >= 11 is 0. The number of carbonyl (C=O) groups excluding carboxylic acids is 2. The van der Waals surface area contributed by atoms with Crippen LogP contribution in [0.15, 0.2) is 36.4 Å². The molecule has 0 radical (unpaired) electrons. The van der Waals surface area contributed by atoms with Crippen molar-refractivity contribution in [2.24, 2.45) is 0 Å². The third-order valence-corrected chi connectivity index (χ3v) is 7.51. The molecule has 33 heavy (non-hydrogen) atoms. The Morgan fingerprint density at radius 2 is 1.67 bits per heavy atom. The van der Waals surface area contributed by atoms with Gasteiger partial charge in [-0.15, -0.1) is 0 Å². The summed E-state index contributed by atoms with van der Waals surface area (Å²) in [6.07, 6.45) is 7.57. The second kappa shape index (κ2) is 9.08. The minimum Gasteiger partial charge on any atom is -0.493 e. The quantitative estimate of drug-likeness (QED) is 0.705. The van der Waals surface area contributed by atoms with E-state index in [1.807, 2.05) is 23.1 Å². The Labute approximate surface area is 195 Å². The lowest BCUT2D eigenvalue weighted by molar-refractivity contribution is -0.125. The number of hydrogen-bond donors (Lipinski definition) is 1. The third kappa shape index (κ3) is 3.85. The number of amides is 2. The van der Waals surface area contributed by atoms with Crippen LogP contribution in [0.25, 0.3) is 0 Å². The van der Waals surface area contributed by atoms with Crippen molar-refractivity contribution in [1.29, 1.82) is 0 Å². The zero-order valence-corrected chi connectivity index (χ0v) is 19.4. The molecule has 6 heteroatoms. The third-order valence-electron chi connectivity index (χ3n) is 7.51. The Morgan fingerprint density at radius 3 is 2.39 bits per heavy atom. The van der Waals surface area contributed by atoms with Crippen molar-refractivity contribution in [3.63, 3.8) is 0 Å². The Kier molecular flexibility index (Phi) is 6.00. The molecule has 3 aliphatic rings. The number of benzene rings is 2. The van der Waals surface area contributed by atoms with Crippen LogP contribution < -0.4 is 14.8 Å². The molecule has 1 N–H and O–H groups in total. The smallest absolute Gasteiger partial charge is 0.254 e. The number of fused-ring (bicyclic) bond motifs is 4. The van der Waals surface area contributed by atoms with Gasteiger partial charge in [0.15, 0.2) is 11.5 Å². The molecule has 5 rings (SSSR count). The monoisotopic (exact) mass is 448 g/mol. The lowest BCUT2D eigenvalue weighted by Crippen LogP contribution is -2.51. The van der Waals surface area contributed by atoms with Crippen LogP contribution in [-0.4, -0.2) is 43.5 Å². The summed E-state index contributed by atoms with van der Waals surface area (Å²) in [6.45, 7) is 0.599. The molecular weight excluding hydrogens is 416 g/mol. The van der Waals surface area contributed by atoms with Crippen molar-refractivity contribution >= 4 is 11.8 Å². The van der Waals surface area contributed by atoms with Gasteiger partial charge < -0.3 is 19.7 Å². The van der Waals surface area contributed by atoms with Crippen LogP contribution in [-0.2, 0) is 11.2 Å². The van der Waals surface area contributed by atoms with Gasteiger partial charge >= 0.3 is 0 Å². The summed E-state index contributed by atoms with van der Waals surface area (Å²) in [5, 5.41) is 3.37. The lowest BCUT2D eigenvalue weighted by atomic mass is 9.75. The first-order valence-corrected chi connectivity index (χ1v) is 12.1. The summed E-state index contributed by atoms with van der Waals surface area (Å²) in [6, 6.07) is 11.6. The Morgan fingerprint density at radius 1 is 0.970 bits per heavy atom. The van der Waals surface area contributed by atoms with E-state index in [9.17, 15) is 9.59 Å². The van der Waals surface area contributed by atoms with Gasteiger partial charge in [0.05, 0.1) is 26.2 Å². The predicted octanol–water partition coefficient (Wildman–Crippen LogP) is 4.38. The first-order valence-electron chi connectivity index (χ1n) is 12.1. The van der Waals surface area contributed by atoms with Crippen LogP contribution >= 0.6 is 0 Å². The van der Waals surface area contributed by atoms with Gasteiger partial charge in [-0.3, -0.25) is 9.59 Å². The molecule has 0 unspecified atom stereocenters. The van der Waals surface area contributed by atoms with Crippen molar-refractivity contribution < 1.29 is 19.1 Å². The molecule has 1 aliphatic carbocycles. The average molecular weight is 449 g/mol. The van der Waals surface area contributed by atoms with Gasteiger partial charge in [-0.25, -0.2) is 0 Å². The van der Waals surface area contributed by atoms with Gasteiger partial charge in [-0.1, -0.05) is 49.9 Å². The van der Waals surface area contributed by atoms with E-state index in [0.717, 1.165) is 43.2 Å². The molecule has 2 aromatic rings. The fraction of sp³-hybridized carbons (Fsp3) is 0.481. The minimum absolute atomic E-state index is 0.00503. The number of nitrogens with zero attached hydrogens (tertiary/aromatic N) is 1. The van der Waals surface area contributed by atoms with Crippen molar-refractivity contribution in [2.75, 3.05) is 20.8 Å². The summed E-state index contributed by atoms with van der Waals surface area (Å²) in [7, 11) is 3.14. The van der Waals surface area contributed by atoms with Gasteiger partial charge in [-0.2, -0.15) is 0 Å². The Bertz CT molecular complexity index is 1060. The van der Waals surface area contributed by atoms with E-state index in [1.165, 1.54) is 18.4 Å². The van der Waals surface area contributed by atoms with E-state index >= 15 is 0 Å². The number of hydrogen-bond acceptors (Lipinski definition) is 4. The van der Waals surface area contributed by atoms with Crippen LogP contribution in [0, 0.1) is 0 Å². The summed E-state index contributed by atoms with van der Waals surface area (Å²) in [4.78, 5) is 29.5. The van der Waals surface area contributed by atoms with Crippen LogP contribution in [0.3, 0.4) is 0 Å². The van der Waals surface area contributed by atoms with E-state index in [-0.39, 0.29) is 23.9 Å². The van der Waals surface area contributed by atoms with Crippen molar-refractivity contribution in [1.82, 2.24) is 10.2 Å². The average Bonchev–Trinajstić information content (AvgIpc) is 3.12. The molecule has 2 aromatic carbocycles. The molecule has 0 saturated heterocycles. The Hall–Kier alpha value is -3.02. The van der Waals surface area contributed by atoms with E-state index < -0.39 is 5.92 Å². The fourth-order valence-corrected chi connectivity index (χ4v) is 5.85. The van der Waals surface area contributed by atoms with Gasteiger partial charge in [-0.05, 0) is 48.1 Å².